The second-order valence-electron chi connectivity index (χ2n) is 4.30. The number of carbonyl (C=O) groups is 1. The number of thiol groups is 1. The molecule has 2 unspecified atom stereocenters. The van der Waals surface area contributed by atoms with Gasteiger partial charge in [-0.3, -0.25) is 4.79 Å². The number of amides is 1. The lowest BCUT2D eigenvalue weighted by Gasteiger charge is -2.31. The average Bonchev–Trinajstić information content (AvgIpc) is 2.61. The Hall–Kier alpha value is -0.220. The summed E-state index contributed by atoms with van der Waals surface area (Å²) >= 11 is 4.27. The SMILES string of the molecule is O=C1CC(CS)CN1C1CCCNC1. The summed E-state index contributed by atoms with van der Waals surface area (Å²) in [6.07, 6.45) is 3.07. The van der Waals surface area contributed by atoms with Crippen molar-refractivity contribution in [1.82, 2.24) is 10.2 Å². The minimum absolute atomic E-state index is 0.331. The Morgan fingerprint density at radius 1 is 1.57 bits per heavy atom. The van der Waals surface area contributed by atoms with E-state index in [4.69, 9.17) is 0 Å². The van der Waals surface area contributed by atoms with Crippen LogP contribution < -0.4 is 5.32 Å². The lowest BCUT2D eigenvalue weighted by atomic mass is 10.1. The maximum atomic E-state index is 11.7. The van der Waals surface area contributed by atoms with Crippen LogP contribution in [-0.2, 0) is 4.79 Å². The van der Waals surface area contributed by atoms with Crippen LogP contribution in [0, 0.1) is 5.92 Å². The van der Waals surface area contributed by atoms with Crippen LogP contribution in [0.3, 0.4) is 0 Å². The zero-order valence-electron chi connectivity index (χ0n) is 8.41. The van der Waals surface area contributed by atoms with Crippen LogP contribution in [0.4, 0.5) is 0 Å². The van der Waals surface area contributed by atoms with Gasteiger partial charge in [0.1, 0.15) is 0 Å². The van der Waals surface area contributed by atoms with Crippen molar-refractivity contribution in [2.24, 2.45) is 5.92 Å². The lowest BCUT2D eigenvalue weighted by Crippen LogP contribution is -2.46. The summed E-state index contributed by atoms with van der Waals surface area (Å²) in [4.78, 5) is 13.8. The van der Waals surface area contributed by atoms with Crippen LogP contribution in [0.5, 0.6) is 0 Å². The van der Waals surface area contributed by atoms with Crippen LogP contribution in [-0.4, -0.2) is 42.2 Å². The van der Waals surface area contributed by atoms with Crippen molar-refractivity contribution >= 4 is 18.5 Å². The molecule has 2 saturated heterocycles. The van der Waals surface area contributed by atoms with E-state index in [9.17, 15) is 4.79 Å². The highest BCUT2D eigenvalue weighted by molar-refractivity contribution is 7.80. The predicted octanol–water partition coefficient (Wildman–Crippen LogP) is 0.517. The largest absolute Gasteiger partial charge is 0.338 e. The van der Waals surface area contributed by atoms with Gasteiger partial charge in [-0.15, -0.1) is 0 Å². The van der Waals surface area contributed by atoms with Crippen molar-refractivity contribution in [3.8, 4) is 0 Å². The number of hydrogen-bond donors (Lipinski definition) is 2. The molecule has 80 valence electrons. The fourth-order valence-corrected chi connectivity index (χ4v) is 2.63. The van der Waals surface area contributed by atoms with Gasteiger partial charge in [0.25, 0.3) is 0 Å². The molecule has 4 heteroatoms. The second kappa shape index (κ2) is 4.53. The average molecular weight is 214 g/mol. The topological polar surface area (TPSA) is 32.3 Å². The zero-order valence-corrected chi connectivity index (χ0v) is 9.30. The number of rotatable bonds is 2. The van der Waals surface area contributed by atoms with Crippen molar-refractivity contribution in [2.75, 3.05) is 25.4 Å². The quantitative estimate of drug-likeness (QED) is 0.657. The second-order valence-corrected chi connectivity index (χ2v) is 4.66. The molecular formula is C10H18N2OS. The van der Waals surface area contributed by atoms with Gasteiger partial charge in [-0.25, -0.2) is 0 Å². The number of carbonyl (C=O) groups excluding carboxylic acids is 1. The number of hydrogen-bond acceptors (Lipinski definition) is 3. The predicted molar refractivity (Wildman–Crippen MR) is 59.6 cm³/mol. The van der Waals surface area contributed by atoms with E-state index >= 15 is 0 Å². The zero-order chi connectivity index (χ0) is 9.97. The summed E-state index contributed by atoms with van der Waals surface area (Å²) in [5.41, 5.74) is 0. The molecule has 14 heavy (non-hydrogen) atoms. The fraction of sp³-hybridized carbons (Fsp3) is 0.900. The molecule has 0 aromatic rings. The minimum atomic E-state index is 0.331. The van der Waals surface area contributed by atoms with Crippen molar-refractivity contribution in [3.63, 3.8) is 0 Å². The standard InChI is InChI=1S/C10H18N2OS/c13-10-4-8(7-14)6-12(10)9-2-1-3-11-5-9/h8-9,11,14H,1-7H2. The van der Waals surface area contributed by atoms with Crippen LogP contribution >= 0.6 is 12.6 Å². The van der Waals surface area contributed by atoms with Gasteiger partial charge in [0.2, 0.25) is 5.91 Å². The summed E-state index contributed by atoms with van der Waals surface area (Å²) in [6.45, 7) is 3.01. The molecule has 0 spiro atoms. The first-order valence-electron chi connectivity index (χ1n) is 5.42. The summed E-state index contributed by atoms with van der Waals surface area (Å²) in [5.74, 6) is 1.65. The summed E-state index contributed by atoms with van der Waals surface area (Å²) in [6, 6.07) is 0.445. The summed E-state index contributed by atoms with van der Waals surface area (Å²) in [7, 11) is 0. The highest BCUT2D eigenvalue weighted by atomic mass is 32.1. The molecule has 1 N–H and O–H groups in total. The van der Waals surface area contributed by atoms with Gasteiger partial charge in [-0.2, -0.15) is 12.6 Å². The Kier molecular flexibility index (Phi) is 3.34. The first-order chi connectivity index (χ1) is 6.81. The van der Waals surface area contributed by atoms with E-state index < -0.39 is 0 Å². The number of nitrogens with one attached hydrogen (secondary N) is 1. The van der Waals surface area contributed by atoms with Gasteiger partial charge in [-0.05, 0) is 31.1 Å². The monoisotopic (exact) mass is 214 g/mol. The van der Waals surface area contributed by atoms with Gasteiger partial charge in [-0.1, -0.05) is 0 Å². The molecule has 2 aliphatic rings. The highest BCUT2D eigenvalue weighted by Gasteiger charge is 2.33. The maximum Gasteiger partial charge on any atom is 0.223 e. The Morgan fingerprint density at radius 3 is 3.00 bits per heavy atom. The fourth-order valence-electron chi connectivity index (χ4n) is 2.38. The molecule has 2 heterocycles. The van der Waals surface area contributed by atoms with Gasteiger partial charge < -0.3 is 10.2 Å². The molecule has 0 aromatic carbocycles. The van der Waals surface area contributed by atoms with E-state index in [1.54, 1.807) is 0 Å². The Balaban J connectivity index is 1.93. The van der Waals surface area contributed by atoms with Crippen LogP contribution in [0.25, 0.3) is 0 Å². The normalized spacial score (nSPS) is 33.8. The van der Waals surface area contributed by atoms with Gasteiger partial charge >= 0.3 is 0 Å². The van der Waals surface area contributed by atoms with Crippen molar-refractivity contribution in [2.45, 2.75) is 25.3 Å². The number of piperidine rings is 1. The van der Waals surface area contributed by atoms with Gasteiger partial charge in [0.05, 0.1) is 0 Å². The molecule has 2 atom stereocenters. The lowest BCUT2D eigenvalue weighted by molar-refractivity contribution is -0.129. The van der Waals surface area contributed by atoms with Gasteiger partial charge in [0, 0.05) is 25.6 Å². The molecule has 0 aromatic heterocycles. The molecule has 2 rings (SSSR count). The van der Waals surface area contributed by atoms with E-state index in [0.29, 0.717) is 24.3 Å². The first-order valence-corrected chi connectivity index (χ1v) is 6.05. The number of nitrogens with zero attached hydrogens (tertiary/aromatic N) is 1. The van der Waals surface area contributed by atoms with Crippen LogP contribution in [0.15, 0.2) is 0 Å². The Morgan fingerprint density at radius 2 is 2.43 bits per heavy atom. The molecule has 0 saturated carbocycles. The van der Waals surface area contributed by atoms with Crippen molar-refractivity contribution in [3.05, 3.63) is 0 Å². The van der Waals surface area contributed by atoms with Crippen molar-refractivity contribution < 1.29 is 4.79 Å². The minimum Gasteiger partial charge on any atom is -0.338 e. The number of likely N-dealkylation sites (tertiary alicyclic amines) is 1. The van der Waals surface area contributed by atoms with Gasteiger partial charge in [0.15, 0.2) is 0 Å². The maximum absolute atomic E-state index is 11.7. The molecule has 0 aliphatic carbocycles. The van der Waals surface area contributed by atoms with Crippen LogP contribution in [0.1, 0.15) is 19.3 Å². The Bertz CT molecular complexity index is 216. The molecule has 2 fully saturated rings. The molecule has 0 bridgehead atoms. The molecular weight excluding hydrogens is 196 g/mol. The molecule has 0 radical (unpaired) electrons. The van der Waals surface area contributed by atoms with E-state index in [2.05, 4.69) is 22.8 Å². The Labute approximate surface area is 90.6 Å². The third kappa shape index (κ3) is 2.06. The van der Waals surface area contributed by atoms with E-state index in [0.717, 1.165) is 31.8 Å². The molecule has 2 aliphatic heterocycles. The first kappa shape index (κ1) is 10.3. The third-order valence-electron chi connectivity index (χ3n) is 3.21. The highest BCUT2D eigenvalue weighted by Crippen LogP contribution is 2.23. The summed E-state index contributed by atoms with van der Waals surface area (Å²) in [5, 5.41) is 3.35. The van der Waals surface area contributed by atoms with E-state index in [-0.39, 0.29) is 0 Å². The van der Waals surface area contributed by atoms with E-state index in [1.165, 1.54) is 6.42 Å². The summed E-state index contributed by atoms with van der Waals surface area (Å²) < 4.78 is 0. The van der Waals surface area contributed by atoms with E-state index in [1.807, 2.05) is 0 Å². The molecule has 3 nitrogen and oxygen atoms in total. The smallest absolute Gasteiger partial charge is 0.223 e. The van der Waals surface area contributed by atoms with Crippen LogP contribution in [0.2, 0.25) is 0 Å². The molecule has 1 amide bonds. The third-order valence-corrected chi connectivity index (χ3v) is 3.72. The van der Waals surface area contributed by atoms with Crippen molar-refractivity contribution in [1.29, 1.82) is 0 Å².